The number of rotatable bonds is 15. The van der Waals surface area contributed by atoms with E-state index in [4.69, 9.17) is 9.47 Å². The number of aliphatic carboxylic acids is 1. The molecule has 0 saturated heterocycles. The Morgan fingerprint density at radius 2 is 1.56 bits per heavy atom. The van der Waals surface area contributed by atoms with Crippen LogP contribution in [-0.2, 0) is 28.9 Å². The van der Waals surface area contributed by atoms with E-state index in [1.807, 2.05) is 66.7 Å². The summed E-state index contributed by atoms with van der Waals surface area (Å²) in [7, 11) is 1.40. The monoisotopic (exact) mass is 532 g/mol. The van der Waals surface area contributed by atoms with Crippen molar-refractivity contribution in [2.45, 2.75) is 58.1 Å². The number of ether oxygens (including phenoxy) is 2. The number of unbranched alkanes of at least 4 members (excludes halogenated alkanes) is 1. The molecule has 0 saturated carbocycles. The van der Waals surface area contributed by atoms with Crippen molar-refractivity contribution >= 4 is 17.7 Å². The first-order valence-corrected chi connectivity index (χ1v) is 13.5. The average molecular weight is 533 g/mol. The molecule has 208 valence electrons. The lowest BCUT2D eigenvalue weighted by molar-refractivity contribution is -0.159. The zero-order valence-electron chi connectivity index (χ0n) is 23.2. The van der Waals surface area contributed by atoms with Gasteiger partial charge in [-0.3, -0.25) is 0 Å². The van der Waals surface area contributed by atoms with E-state index < -0.39 is 11.6 Å². The molecular formula is C32H40N2O5. The molecule has 0 aliphatic heterocycles. The summed E-state index contributed by atoms with van der Waals surface area (Å²) >= 11 is 0. The standard InChI is InChI=1S/C32H40N2O5/c1-4-5-10-25-13-17-28(18-14-25)33-31(37)34(24-27-11-7-6-8-12-27)21-9-22-39-29-19-15-26(16-20-29)23-32(2,38-3)30(35)36/h6-8,11-20H,4-5,9-10,21-24H2,1-3H3,(H,33,37)(H,35,36). The minimum absolute atomic E-state index is 0.149. The molecular weight excluding hydrogens is 492 g/mol. The zero-order chi connectivity index (χ0) is 28.1. The number of benzene rings is 3. The molecule has 3 aromatic carbocycles. The molecule has 1 unspecified atom stereocenters. The molecule has 0 aliphatic carbocycles. The van der Waals surface area contributed by atoms with Gasteiger partial charge in [-0.15, -0.1) is 0 Å². The molecule has 2 N–H and O–H groups in total. The number of methoxy groups -OCH3 is 1. The zero-order valence-corrected chi connectivity index (χ0v) is 23.2. The second-order valence-corrected chi connectivity index (χ2v) is 9.90. The fourth-order valence-corrected chi connectivity index (χ4v) is 4.17. The van der Waals surface area contributed by atoms with Crippen LogP contribution in [0.2, 0.25) is 0 Å². The van der Waals surface area contributed by atoms with Crippen molar-refractivity contribution in [3.8, 4) is 5.75 Å². The second kappa shape index (κ2) is 14.9. The topological polar surface area (TPSA) is 88.1 Å². The summed E-state index contributed by atoms with van der Waals surface area (Å²) in [4.78, 5) is 26.5. The number of nitrogens with zero attached hydrogens (tertiary/aromatic N) is 1. The number of amides is 2. The highest BCUT2D eigenvalue weighted by molar-refractivity contribution is 5.89. The number of hydrogen-bond donors (Lipinski definition) is 2. The first-order chi connectivity index (χ1) is 18.8. The Labute approximate surface area is 231 Å². The van der Waals surface area contributed by atoms with Crippen molar-refractivity contribution < 1.29 is 24.2 Å². The molecule has 3 aromatic rings. The summed E-state index contributed by atoms with van der Waals surface area (Å²) in [6.07, 6.45) is 4.26. The van der Waals surface area contributed by atoms with Gasteiger partial charge in [0.15, 0.2) is 5.60 Å². The number of hydrogen-bond acceptors (Lipinski definition) is 4. The van der Waals surface area contributed by atoms with Gasteiger partial charge in [0, 0.05) is 32.3 Å². The largest absolute Gasteiger partial charge is 0.494 e. The summed E-state index contributed by atoms with van der Waals surface area (Å²) in [6, 6.07) is 25.2. The quantitative estimate of drug-likeness (QED) is 0.216. The molecule has 1 atom stereocenters. The fourth-order valence-electron chi connectivity index (χ4n) is 4.17. The van der Waals surface area contributed by atoms with Gasteiger partial charge in [-0.05, 0) is 67.1 Å². The highest BCUT2D eigenvalue weighted by Gasteiger charge is 2.33. The third kappa shape index (κ3) is 9.45. The Hall–Kier alpha value is -3.84. The Morgan fingerprint density at radius 1 is 0.897 bits per heavy atom. The lowest BCUT2D eigenvalue weighted by Gasteiger charge is -2.24. The van der Waals surface area contributed by atoms with Crippen LogP contribution in [0.4, 0.5) is 10.5 Å². The van der Waals surface area contributed by atoms with E-state index in [1.54, 1.807) is 11.8 Å². The SMILES string of the molecule is CCCCc1ccc(NC(=O)N(CCCOc2ccc(CC(C)(OC)C(=O)O)cc2)Cc2ccccc2)cc1. The third-order valence-electron chi connectivity index (χ3n) is 6.74. The van der Waals surface area contributed by atoms with Crippen molar-refractivity contribution in [1.29, 1.82) is 0 Å². The first kappa shape index (κ1) is 29.7. The summed E-state index contributed by atoms with van der Waals surface area (Å²) in [5.74, 6) is -0.311. The molecule has 3 rings (SSSR count). The van der Waals surface area contributed by atoms with E-state index in [2.05, 4.69) is 24.4 Å². The summed E-state index contributed by atoms with van der Waals surface area (Å²) < 4.78 is 11.1. The van der Waals surface area contributed by atoms with Crippen LogP contribution in [0, 0.1) is 0 Å². The van der Waals surface area contributed by atoms with Crippen LogP contribution in [-0.4, -0.2) is 47.9 Å². The molecule has 0 aliphatic rings. The van der Waals surface area contributed by atoms with Crippen LogP contribution >= 0.6 is 0 Å². The molecule has 7 heteroatoms. The van der Waals surface area contributed by atoms with E-state index in [1.165, 1.54) is 12.7 Å². The molecule has 0 heterocycles. The average Bonchev–Trinajstić information content (AvgIpc) is 2.95. The molecule has 0 spiro atoms. The summed E-state index contributed by atoms with van der Waals surface area (Å²) in [5.41, 5.74) is 2.68. The second-order valence-electron chi connectivity index (χ2n) is 9.90. The van der Waals surface area contributed by atoms with E-state index in [0.717, 1.165) is 36.1 Å². The van der Waals surface area contributed by atoms with Gasteiger partial charge in [0.2, 0.25) is 0 Å². The normalized spacial score (nSPS) is 12.4. The van der Waals surface area contributed by atoms with E-state index in [0.29, 0.717) is 31.9 Å². The minimum atomic E-state index is -1.28. The van der Waals surface area contributed by atoms with Crippen LogP contribution in [0.1, 0.15) is 49.8 Å². The van der Waals surface area contributed by atoms with Crippen molar-refractivity contribution in [1.82, 2.24) is 4.90 Å². The smallest absolute Gasteiger partial charge is 0.336 e. The maximum atomic E-state index is 13.2. The number of carbonyl (C=O) groups excluding carboxylic acids is 1. The number of anilines is 1. The lowest BCUT2D eigenvalue weighted by atomic mass is 9.96. The molecule has 39 heavy (non-hydrogen) atoms. The molecule has 0 bridgehead atoms. The molecule has 0 aromatic heterocycles. The maximum absolute atomic E-state index is 13.2. The van der Waals surface area contributed by atoms with Crippen molar-refractivity contribution in [2.75, 3.05) is 25.6 Å². The van der Waals surface area contributed by atoms with Gasteiger partial charge < -0.3 is 24.8 Å². The number of carboxylic acid groups (broad SMARTS) is 1. The predicted octanol–water partition coefficient (Wildman–Crippen LogP) is 6.56. The number of carbonyl (C=O) groups is 2. The van der Waals surface area contributed by atoms with E-state index in [-0.39, 0.29) is 12.5 Å². The van der Waals surface area contributed by atoms with Gasteiger partial charge in [0.05, 0.1) is 6.61 Å². The van der Waals surface area contributed by atoms with Gasteiger partial charge >= 0.3 is 12.0 Å². The van der Waals surface area contributed by atoms with E-state index in [9.17, 15) is 14.7 Å². The highest BCUT2D eigenvalue weighted by Crippen LogP contribution is 2.20. The van der Waals surface area contributed by atoms with Gasteiger partial charge in [0.1, 0.15) is 5.75 Å². The lowest BCUT2D eigenvalue weighted by Crippen LogP contribution is -2.39. The highest BCUT2D eigenvalue weighted by atomic mass is 16.5. The predicted molar refractivity (Wildman–Crippen MR) is 154 cm³/mol. The Kier molecular flexibility index (Phi) is 11.4. The molecule has 2 amide bonds. The van der Waals surface area contributed by atoms with Crippen molar-refractivity contribution in [3.05, 3.63) is 95.6 Å². The number of carboxylic acids is 1. The van der Waals surface area contributed by atoms with Crippen LogP contribution in [0.15, 0.2) is 78.9 Å². The molecule has 0 radical (unpaired) electrons. The van der Waals surface area contributed by atoms with E-state index >= 15 is 0 Å². The number of urea groups is 1. The van der Waals surface area contributed by atoms with Gasteiger partial charge in [-0.2, -0.15) is 0 Å². The summed E-state index contributed by atoms with van der Waals surface area (Å²) in [5, 5.41) is 12.4. The van der Waals surface area contributed by atoms with Gasteiger partial charge in [0.25, 0.3) is 0 Å². The minimum Gasteiger partial charge on any atom is -0.494 e. The Balaban J connectivity index is 1.55. The van der Waals surface area contributed by atoms with Gasteiger partial charge in [-0.25, -0.2) is 9.59 Å². The Morgan fingerprint density at radius 3 is 2.18 bits per heavy atom. The first-order valence-electron chi connectivity index (χ1n) is 13.5. The number of nitrogens with one attached hydrogen (secondary N) is 1. The molecule has 7 nitrogen and oxygen atoms in total. The third-order valence-corrected chi connectivity index (χ3v) is 6.74. The van der Waals surface area contributed by atoms with Crippen molar-refractivity contribution in [3.63, 3.8) is 0 Å². The van der Waals surface area contributed by atoms with Crippen LogP contribution in [0.5, 0.6) is 5.75 Å². The number of aryl methyl sites for hydroxylation is 1. The fraction of sp³-hybridized carbons (Fsp3) is 0.375. The van der Waals surface area contributed by atoms with Gasteiger partial charge in [-0.1, -0.05) is 67.9 Å². The summed E-state index contributed by atoms with van der Waals surface area (Å²) in [6.45, 7) is 5.20. The maximum Gasteiger partial charge on any atom is 0.336 e. The molecule has 0 fully saturated rings. The Bertz CT molecular complexity index is 1170. The van der Waals surface area contributed by atoms with Crippen LogP contribution < -0.4 is 10.1 Å². The van der Waals surface area contributed by atoms with Crippen molar-refractivity contribution in [2.24, 2.45) is 0 Å². The van der Waals surface area contributed by atoms with Crippen LogP contribution in [0.25, 0.3) is 0 Å². The van der Waals surface area contributed by atoms with Crippen LogP contribution in [0.3, 0.4) is 0 Å².